The molecule has 30 heavy (non-hydrogen) atoms. The topological polar surface area (TPSA) is 45.1 Å². The van der Waals surface area contributed by atoms with Crippen molar-refractivity contribution in [3.8, 4) is 0 Å². The van der Waals surface area contributed by atoms with Crippen molar-refractivity contribution in [1.29, 1.82) is 0 Å². The lowest BCUT2D eigenvalue weighted by atomic mass is 10.1. The number of halogens is 1. The summed E-state index contributed by atoms with van der Waals surface area (Å²) in [5.74, 6) is -0.180. The molecule has 2 aliphatic heterocycles. The molecule has 3 aromatic rings. The minimum absolute atomic E-state index is 0.0775. The number of hydrogen-bond acceptors (Lipinski definition) is 3. The molecule has 2 heterocycles. The number of nitrogens with one attached hydrogen (secondary N) is 1. The summed E-state index contributed by atoms with van der Waals surface area (Å²) in [7, 11) is 0. The Morgan fingerprint density at radius 1 is 0.867 bits per heavy atom. The minimum Gasteiger partial charge on any atom is -0.360 e. The first-order chi connectivity index (χ1) is 14.6. The van der Waals surface area contributed by atoms with Crippen LogP contribution in [0.4, 0.5) is 11.4 Å². The molecule has 0 aliphatic carbocycles. The number of benzene rings is 3. The van der Waals surface area contributed by atoms with E-state index >= 15 is 0 Å². The van der Waals surface area contributed by atoms with Crippen molar-refractivity contribution in [2.75, 3.05) is 36.0 Å². The number of carbonyl (C=O) groups excluding carboxylic acids is 2. The number of imide groups is 1. The van der Waals surface area contributed by atoms with E-state index in [0.717, 1.165) is 47.7 Å². The molecule has 2 fully saturated rings. The molecule has 0 spiro atoms. The summed E-state index contributed by atoms with van der Waals surface area (Å²) in [6, 6.07) is 21.2. The molecule has 2 amide bonds. The van der Waals surface area contributed by atoms with E-state index in [1.165, 1.54) is 9.80 Å². The summed E-state index contributed by atoms with van der Waals surface area (Å²) in [5, 5.41) is 2.69. The Bertz CT molecular complexity index is 1100. The Hall–Kier alpha value is -2.89. The molecule has 5 nitrogen and oxygen atoms in total. The van der Waals surface area contributed by atoms with Crippen LogP contribution in [0.3, 0.4) is 0 Å². The van der Waals surface area contributed by atoms with Crippen LogP contribution in [0.2, 0.25) is 5.02 Å². The Morgan fingerprint density at radius 2 is 1.57 bits per heavy atom. The summed E-state index contributed by atoms with van der Waals surface area (Å²) in [5.41, 5.74) is 1.84. The molecule has 0 aromatic heterocycles. The molecule has 6 heteroatoms. The van der Waals surface area contributed by atoms with Gasteiger partial charge in [-0.15, -0.1) is 0 Å². The van der Waals surface area contributed by atoms with Crippen LogP contribution in [0, 0.1) is 0 Å². The van der Waals surface area contributed by atoms with Gasteiger partial charge >= 0.3 is 0 Å². The molecular formula is C24H23ClN3O2+. The van der Waals surface area contributed by atoms with Gasteiger partial charge in [0.25, 0.3) is 5.91 Å². The summed E-state index contributed by atoms with van der Waals surface area (Å²) < 4.78 is 0. The van der Waals surface area contributed by atoms with Gasteiger partial charge in [0.05, 0.1) is 38.3 Å². The van der Waals surface area contributed by atoms with Crippen molar-refractivity contribution in [2.24, 2.45) is 0 Å². The van der Waals surface area contributed by atoms with E-state index in [4.69, 9.17) is 11.6 Å². The number of hydrogen-bond donors (Lipinski definition) is 1. The largest absolute Gasteiger partial charge is 0.360 e. The standard InChI is InChI=1S/C24H22ClN3O2/c25-18-8-10-19(11-9-18)26-12-14-27(15-13-26)22-16-23(29)28(24(22)30)21-7-3-5-17-4-1-2-6-20(17)21/h1-11,22H,12-16H2/p+1/t22-/m0/s1. The predicted molar refractivity (Wildman–Crippen MR) is 119 cm³/mol. The van der Waals surface area contributed by atoms with Gasteiger partial charge in [0.1, 0.15) is 0 Å². The van der Waals surface area contributed by atoms with Crippen LogP contribution in [0.5, 0.6) is 0 Å². The summed E-state index contributed by atoms with van der Waals surface area (Å²) in [6.45, 7) is 3.36. The van der Waals surface area contributed by atoms with Crippen molar-refractivity contribution >= 4 is 45.6 Å². The number of carbonyl (C=O) groups is 2. The van der Waals surface area contributed by atoms with E-state index in [1.54, 1.807) is 0 Å². The summed E-state index contributed by atoms with van der Waals surface area (Å²) in [6.07, 6.45) is 0.276. The number of nitrogens with zero attached hydrogens (tertiary/aromatic N) is 2. The van der Waals surface area contributed by atoms with Gasteiger partial charge in [-0.2, -0.15) is 0 Å². The second kappa shape index (κ2) is 7.74. The average Bonchev–Trinajstić information content (AvgIpc) is 3.08. The molecular weight excluding hydrogens is 398 g/mol. The number of fused-ring (bicyclic) bond motifs is 1. The van der Waals surface area contributed by atoms with Crippen molar-refractivity contribution in [1.82, 2.24) is 0 Å². The smallest absolute Gasteiger partial charge is 0.292 e. The number of anilines is 2. The van der Waals surface area contributed by atoms with Crippen LogP contribution < -0.4 is 14.7 Å². The second-order valence-electron chi connectivity index (χ2n) is 7.94. The van der Waals surface area contributed by atoms with E-state index in [9.17, 15) is 9.59 Å². The first-order valence-corrected chi connectivity index (χ1v) is 10.7. The lowest BCUT2D eigenvalue weighted by Crippen LogP contribution is -3.19. The first kappa shape index (κ1) is 19.1. The Kier molecular flexibility index (Phi) is 4.93. The van der Waals surface area contributed by atoms with Gasteiger partial charge < -0.3 is 9.80 Å². The lowest BCUT2D eigenvalue weighted by Gasteiger charge is -2.35. The fourth-order valence-corrected chi connectivity index (χ4v) is 4.79. The Labute approximate surface area is 180 Å². The Balaban J connectivity index is 1.33. The third kappa shape index (κ3) is 3.34. The Morgan fingerprint density at radius 3 is 2.33 bits per heavy atom. The minimum atomic E-state index is -0.302. The monoisotopic (exact) mass is 420 g/mol. The molecule has 2 aliphatic rings. The SMILES string of the molecule is O=C1C[C@H]([NH+]2CCN(c3ccc(Cl)cc3)CC2)C(=O)N1c1cccc2ccccc12. The zero-order valence-corrected chi connectivity index (χ0v) is 17.3. The van der Waals surface area contributed by atoms with Gasteiger partial charge in [-0.25, -0.2) is 4.90 Å². The first-order valence-electron chi connectivity index (χ1n) is 10.3. The van der Waals surface area contributed by atoms with Crippen LogP contribution in [-0.2, 0) is 9.59 Å². The maximum absolute atomic E-state index is 13.3. The third-order valence-corrected chi connectivity index (χ3v) is 6.50. The number of amides is 2. The van der Waals surface area contributed by atoms with Crippen LogP contribution in [-0.4, -0.2) is 44.0 Å². The van der Waals surface area contributed by atoms with Crippen molar-refractivity contribution in [2.45, 2.75) is 12.5 Å². The lowest BCUT2D eigenvalue weighted by molar-refractivity contribution is -0.915. The van der Waals surface area contributed by atoms with Crippen LogP contribution in [0.1, 0.15) is 6.42 Å². The van der Waals surface area contributed by atoms with Crippen molar-refractivity contribution < 1.29 is 14.5 Å². The fourth-order valence-electron chi connectivity index (χ4n) is 4.66. The number of rotatable bonds is 3. The summed E-state index contributed by atoms with van der Waals surface area (Å²) in [4.78, 5) is 31.1. The maximum atomic E-state index is 13.3. The van der Waals surface area contributed by atoms with Crippen LogP contribution in [0.25, 0.3) is 10.8 Å². The van der Waals surface area contributed by atoms with E-state index in [0.29, 0.717) is 5.69 Å². The highest BCUT2D eigenvalue weighted by atomic mass is 35.5. The van der Waals surface area contributed by atoms with Gasteiger partial charge in [0.2, 0.25) is 5.91 Å². The van der Waals surface area contributed by atoms with Gasteiger partial charge in [0.15, 0.2) is 6.04 Å². The highest BCUT2D eigenvalue weighted by Gasteiger charge is 2.46. The van der Waals surface area contributed by atoms with Crippen molar-refractivity contribution in [3.63, 3.8) is 0 Å². The van der Waals surface area contributed by atoms with Gasteiger partial charge in [-0.3, -0.25) is 9.59 Å². The van der Waals surface area contributed by atoms with Gasteiger partial charge in [0, 0.05) is 16.1 Å². The van der Waals surface area contributed by atoms with Crippen molar-refractivity contribution in [3.05, 3.63) is 71.8 Å². The highest BCUT2D eigenvalue weighted by Crippen LogP contribution is 2.30. The average molecular weight is 421 g/mol. The molecule has 2 saturated heterocycles. The molecule has 152 valence electrons. The molecule has 1 N–H and O–H groups in total. The van der Waals surface area contributed by atoms with E-state index in [-0.39, 0.29) is 24.3 Å². The number of piperazine rings is 1. The number of quaternary nitrogens is 1. The quantitative estimate of drug-likeness (QED) is 0.662. The van der Waals surface area contributed by atoms with Gasteiger partial charge in [-0.1, -0.05) is 48.0 Å². The molecule has 1 atom stereocenters. The zero-order valence-electron chi connectivity index (χ0n) is 16.6. The summed E-state index contributed by atoms with van der Waals surface area (Å²) >= 11 is 5.99. The van der Waals surface area contributed by atoms with E-state index in [1.807, 2.05) is 66.7 Å². The highest BCUT2D eigenvalue weighted by molar-refractivity contribution is 6.30. The normalized spacial score (nSPS) is 20.4. The van der Waals surface area contributed by atoms with Crippen LogP contribution in [0.15, 0.2) is 66.7 Å². The molecule has 0 radical (unpaired) electrons. The van der Waals surface area contributed by atoms with E-state index < -0.39 is 0 Å². The van der Waals surface area contributed by atoms with Gasteiger partial charge in [-0.05, 0) is 35.7 Å². The molecule has 0 unspecified atom stereocenters. The predicted octanol–water partition coefficient (Wildman–Crippen LogP) is 2.53. The molecule has 3 aromatic carbocycles. The van der Waals surface area contributed by atoms with Crippen LogP contribution >= 0.6 is 11.6 Å². The second-order valence-corrected chi connectivity index (χ2v) is 8.38. The maximum Gasteiger partial charge on any atom is 0.292 e. The zero-order chi connectivity index (χ0) is 20.7. The molecule has 5 rings (SSSR count). The third-order valence-electron chi connectivity index (χ3n) is 6.24. The molecule has 0 bridgehead atoms. The molecule has 0 saturated carbocycles. The fraction of sp³-hybridized carbons (Fsp3) is 0.250. The van der Waals surface area contributed by atoms with E-state index in [2.05, 4.69) is 4.90 Å².